The molecule has 0 saturated carbocycles. The van der Waals surface area contributed by atoms with Crippen molar-refractivity contribution in [2.45, 2.75) is 103 Å². The number of urea groups is 1. The maximum absolute atomic E-state index is 13.4. The standard InChI is InChI=1S/C47H66FN7O6/c1-34(2)50-46(57)54(32-37-11-15-38(48)16-12-37)27-24-52-22-25-53(26-23-52)45(56)33-60-41-17-13-36(14-18-41)31-49-20-5-6-21-55-39-8-7-9-40(55)30-42(29-39)61-47(58)51-43-28-35(3)10-19-44(43)59-4/h10-19,28,34,39-40,42,49H,5-9,20-27,29-33H2,1-4H3,(H,50,57)(H,51,58). The van der Waals surface area contributed by atoms with Gasteiger partial charge in [-0.05, 0) is 113 Å². The molecule has 0 radical (unpaired) electrons. The fourth-order valence-electron chi connectivity index (χ4n) is 8.70. The Labute approximate surface area is 361 Å². The molecule has 14 heteroatoms. The SMILES string of the molecule is COc1ccc(C)cc1NC(=O)OC1CC2CCCC(C1)N2CCCCNCc1ccc(OCC(=O)N2CCN(CCN(Cc3ccc(F)cc3)C(=O)NC(C)C)CC2)cc1. The highest BCUT2D eigenvalue weighted by Crippen LogP contribution is 2.36. The molecule has 3 aromatic carbocycles. The number of unbranched alkanes of at least 4 members (excludes halogenated alkanes) is 1. The van der Waals surface area contributed by atoms with E-state index in [1.807, 2.05) is 68.1 Å². The largest absolute Gasteiger partial charge is 0.495 e. The van der Waals surface area contributed by atoms with Gasteiger partial charge in [-0.25, -0.2) is 14.0 Å². The van der Waals surface area contributed by atoms with Gasteiger partial charge >= 0.3 is 12.1 Å². The number of ether oxygens (including phenoxy) is 3. The predicted octanol–water partition coefficient (Wildman–Crippen LogP) is 6.79. The van der Waals surface area contributed by atoms with Crippen LogP contribution < -0.4 is 25.4 Å². The van der Waals surface area contributed by atoms with Crippen LogP contribution in [-0.2, 0) is 22.6 Å². The number of nitrogens with one attached hydrogen (secondary N) is 3. The van der Waals surface area contributed by atoms with E-state index >= 15 is 0 Å². The first-order chi connectivity index (χ1) is 29.5. The lowest BCUT2D eigenvalue weighted by atomic mass is 9.82. The number of halogens is 1. The van der Waals surface area contributed by atoms with Gasteiger partial charge in [0.05, 0.1) is 12.8 Å². The van der Waals surface area contributed by atoms with Crippen molar-refractivity contribution in [3.05, 3.63) is 89.2 Å². The monoisotopic (exact) mass is 844 g/mol. The van der Waals surface area contributed by atoms with Crippen molar-refractivity contribution >= 4 is 23.7 Å². The molecule has 2 bridgehead atoms. The first-order valence-electron chi connectivity index (χ1n) is 22.1. The number of anilines is 1. The van der Waals surface area contributed by atoms with Crippen molar-refractivity contribution in [1.82, 2.24) is 30.2 Å². The third-order valence-electron chi connectivity index (χ3n) is 12.0. The number of aryl methyl sites for hydroxylation is 1. The molecule has 3 aliphatic heterocycles. The van der Waals surface area contributed by atoms with Crippen LogP contribution in [0.3, 0.4) is 0 Å². The second-order valence-corrected chi connectivity index (χ2v) is 17.0. The van der Waals surface area contributed by atoms with Crippen molar-refractivity contribution < 1.29 is 33.0 Å². The molecule has 3 saturated heterocycles. The lowest BCUT2D eigenvalue weighted by Gasteiger charge is -2.48. The summed E-state index contributed by atoms with van der Waals surface area (Å²) in [6, 6.07) is 20.6. The number of piperidine rings is 2. The first-order valence-corrected chi connectivity index (χ1v) is 22.1. The van der Waals surface area contributed by atoms with E-state index in [0.717, 1.165) is 74.8 Å². The lowest BCUT2D eigenvalue weighted by Crippen LogP contribution is -2.54. The molecule has 2 unspecified atom stereocenters. The summed E-state index contributed by atoms with van der Waals surface area (Å²) in [5, 5.41) is 9.43. The maximum atomic E-state index is 13.4. The summed E-state index contributed by atoms with van der Waals surface area (Å²) in [7, 11) is 1.60. The fourth-order valence-corrected chi connectivity index (χ4v) is 8.70. The second-order valence-electron chi connectivity index (χ2n) is 17.0. The third kappa shape index (κ3) is 14.1. The number of methoxy groups -OCH3 is 1. The van der Waals surface area contributed by atoms with Gasteiger partial charge in [0, 0.05) is 83.3 Å². The summed E-state index contributed by atoms with van der Waals surface area (Å²) >= 11 is 0. The fraction of sp³-hybridized carbons (Fsp3) is 0.553. The predicted molar refractivity (Wildman–Crippen MR) is 235 cm³/mol. The van der Waals surface area contributed by atoms with Gasteiger partial charge in [-0.2, -0.15) is 0 Å². The van der Waals surface area contributed by atoms with E-state index in [4.69, 9.17) is 14.2 Å². The molecule has 332 valence electrons. The number of nitrogens with zero attached hydrogens (tertiary/aromatic N) is 4. The summed E-state index contributed by atoms with van der Waals surface area (Å²) < 4.78 is 30.6. The van der Waals surface area contributed by atoms with Gasteiger partial charge in [-0.1, -0.05) is 36.8 Å². The molecule has 0 spiro atoms. The number of piperazine rings is 1. The van der Waals surface area contributed by atoms with Crippen molar-refractivity contribution in [1.29, 1.82) is 0 Å². The van der Waals surface area contributed by atoms with Crippen molar-refractivity contribution in [3.63, 3.8) is 0 Å². The van der Waals surface area contributed by atoms with Gasteiger partial charge in [-0.15, -0.1) is 0 Å². The van der Waals surface area contributed by atoms with Crippen LogP contribution >= 0.6 is 0 Å². The Kier molecular flexibility index (Phi) is 17.0. The van der Waals surface area contributed by atoms with Crippen LogP contribution in [0.5, 0.6) is 11.5 Å². The van der Waals surface area contributed by atoms with Crippen LogP contribution in [-0.4, -0.2) is 128 Å². The van der Waals surface area contributed by atoms with Crippen molar-refractivity contribution in [3.8, 4) is 11.5 Å². The van der Waals surface area contributed by atoms with E-state index in [1.165, 1.54) is 18.6 Å². The molecule has 4 amide bonds. The van der Waals surface area contributed by atoms with Crippen molar-refractivity contribution in [2.75, 3.05) is 71.4 Å². The van der Waals surface area contributed by atoms with Gasteiger partial charge in [0.2, 0.25) is 0 Å². The van der Waals surface area contributed by atoms with E-state index in [0.29, 0.717) is 75.1 Å². The number of hydrogen-bond acceptors (Lipinski definition) is 9. The van der Waals surface area contributed by atoms with E-state index in [9.17, 15) is 18.8 Å². The zero-order chi connectivity index (χ0) is 43.1. The number of amides is 4. The number of fused-ring (bicyclic) bond motifs is 2. The molecular weight excluding hydrogens is 778 g/mol. The van der Waals surface area contributed by atoms with Crippen LogP contribution in [0.15, 0.2) is 66.7 Å². The molecule has 3 aliphatic rings. The van der Waals surface area contributed by atoms with Crippen molar-refractivity contribution in [2.24, 2.45) is 0 Å². The zero-order valence-electron chi connectivity index (χ0n) is 36.5. The Morgan fingerprint density at radius 2 is 1.59 bits per heavy atom. The molecular formula is C47H66FN7O6. The minimum Gasteiger partial charge on any atom is -0.495 e. The minimum absolute atomic E-state index is 0.00546. The van der Waals surface area contributed by atoms with Gasteiger partial charge in [0.1, 0.15) is 23.4 Å². The highest BCUT2D eigenvalue weighted by molar-refractivity contribution is 5.87. The van der Waals surface area contributed by atoms with E-state index < -0.39 is 6.09 Å². The number of hydrogen-bond donors (Lipinski definition) is 3. The Morgan fingerprint density at radius 1 is 0.885 bits per heavy atom. The lowest BCUT2D eigenvalue weighted by molar-refractivity contribution is -0.135. The Morgan fingerprint density at radius 3 is 2.28 bits per heavy atom. The molecule has 0 aromatic heterocycles. The summed E-state index contributed by atoms with van der Waals surface area (Å²) in [5.74, 6) is 0.950. The molecule has 0 aliphatic carbocycles. The summed E-state index contributed by atoms with van der Waals surface area (Å²) in [6.07, 6.45) is 6.99. The normalized spacial score (nSPS) is 19.3. The number of rotatable bonds is 19. The highest BCUT2D eigenvalue weighted by atomic mass is 19.1. The Hall–Kier alpha value is -4.92. The van der Waals surface area contributed by atoms with Gasteiger partial charge in [0.25, 0.3) is 5.91 Å². The Balaban J connectivity index is 0.828. The number of carbonyl (C=O) groups excluding carboxylic acids is 3. The first kappa shape index (κ1) is 45.6. The molecule has 2 atom stereocenters. The second kappa shape index (κ2) is 22.8. The number of benzene rings is 3. The highest BCUT2D eigenvalue weighted by Gasteiger charge is 2.39. The van der Waals surface area contributed by atoms with Crippen LogP contribution in [0.4, 0.5) is 19.7 Å². The van der Waals surface area contributed by atoms with Gasteiger partial charge in [0.15, 0.2) is 6.61 Å². The quantitative estimate of drug-likeness (QED) is 0.112. The molecule has 3 N–H and O–H groups in total. The molecule has 3 heterocycles. The average Bonchev–Trinajstić information content (AvgIpc) is 3.24. The summed E-state index contributed by atoms with van der Waals surface area (Å²) in [6.45, 7) is 12.8. The van der Waals surface area contributed by atoms with Crippen LogP contribution in [0.25, 0.3) is 0 Å². The smallest absolute Gasteiger partial charge is 0.412 e. The van der Waals surface area contributed by atoms with E-state index in [2.05, 4.69) is 25.8 Å². The maximum Gasteiger partial charge on any atom is 0.412 e. The zero-order valence-corrected chi connectivity index (χ0v) is 36.5. The van der Waals surface area contributed by atoms with Crippen LogP contribution in [0.2, 0.25) is 0 Å². The van der Waals surface area contributed by atoms with E-state index in [-0.39, 0.29) is 36.5 Å². The topological polar surface area (TPSA) is 128 Å². The molecule has 3 aromatic rings. The molecule has 61 heavy (non-hydrogen) atoms. The van der Waals surface area contributed by atoms with E-state index in [1.54, 1.807) is 24.1 Å². The molecule has 13 nitrogen and oxygen atoms in total. The average molecular weight is 844 g/mol. The summed E-state index contributed by atoms with van der Waals surface area (Å²) in [4.78, 5) is 47.3. The molecule has 6 rings (SSSR count). The van der Waals surface area contributed by atoms with Crippen LogP contribution in [0, 0.1) is 12.7 Å². The summed E-state index contributed by atoms with van der Waals surface area (Å²) in [5.41, 5.74) is 3.70. The van der Waals surface area contributed by atoms with Gasteiger partial charge in [-0.3, -0.25) is 19.9 Å². The minimum atomic E-state index is -0.418. The number of carbonyl (C=O) groups is 3. The van der Waals surface area contributed by atoms with Crippen LogP contribution in [0.1, 0.15) is 75.5 Å². The third-order valence-corrected chi connectivity index (χ3v) is 12.0. The molecule has 3 fully saturated rings. The van der Waals surface area contributed by atoms with Gasteiger partial charge < -0.3 is 34.6 Å². The Bertz CT molecular complexity index is 1840.